The summed E-state index contributed by atoms with van der Waals surface area (Å²) in [6.45, 7) is 1.91. The Kier molecular flexibility index (Phi) is 2.45. The van der Waals surface area contributed by atoms with E-state index in [0.717, 1.165) is 14.2 Å². The minimum atomic E-state index is 0.555. The van der Waals surface area contributed by atoms with Gasteiger partial charge in [0, 0.05) is 4.90 Å². The van der Waals surface area contributed by atoms with Gasteiger partial charge in [-0.25, -0.2) is 4.63 Å². The third-order valence-corrected chi connectivity index (χ3v) is 4.05. The maximum Gasteiger partial charge on any atom is 0.179 e. The van der Waals surface area contributed by atoms with Crippen molar-refractivity contribution in [2.24, 2.45) is 0 Å². The van der Waals surface area contributed by atoms with Crippen molar-refractivity contribution < 1.29 is 4.63 Å². The lowest BCUT2D eigenvalue weighted by Gasteiger charge is -1.98. The summed E-state index contributed by atoms with van der Waals surface area (Å²) >= 11 is 3.01. The summed E-state index contributed by atoms with van der Waals surface area (Å²) in [7, 11) is 0. The molecule has 0 amide bonds. The van der Waals surface area contributed by atoms with Crippen LogP contribution in [0.25, 0.3) is 11.0 Å². The first-order valence-electron chi connectivity index (χ1n) is 4.73. The monoisotopic (exact) mass is 265 g/mol. The second-order valence-electron chi connectivity index (χ2n) is 3.30. The molecule has 2 N–H and O–H groups in total. The largest absolute Gasteiger partial charge is 0.397 e. The summed E-state index contributed by atoms with van der Waals surface area (Å²) in [5, 5.41) is 16.6. The fourth-order valence-corrected chi connectivity index (χ4v) is 3.21. The van der Waals surface area contributed by atoms with Crippen molar-refractivity contribution >= 4 is 39.8 Å². The Balaban J connectivity index is 2.06. The van der Waals surface area contributed by atoms with E-state index >= 15 is 0 Å². The normalized spacial score (nSPS) is 11.1. The number of hydrogen-bond donors (Lipinski definition) is 1. The van der Waals surface area contributed by atoms with Crippen LogP contribution in [0.3, 0.4) is 0 Å². The maximum absolute atomic E-state index is 5.77. The van der Waals surface area contributed by atoms with Gasteiger partial charge in [-0.15, -0.1) is 10.2 Å². The Morgan fingerprint density at radius 3 is 2.82 bits per heavy atom. The van der Waals surface area contributed by atoms with Crippen molar-refractivity contribution in [2.45, 2.75) is 16.2 Å². The highest BCUT2D eigenvalue weighted by atomic mass is 32.2. The van der Waals surface area contributed by atoms with Crippen LogP contribution in [0.4, 0.5) is 5.69 Å². The molecule has 0 aliphatic heterocycles. The minimum absolute atomic E-state index is 0.555. The van der Waals surface area contributed by atoms with Gasteiger partial charge in [-0.3, -0.25) is 0 Å². The number of aromatic nitrogens is 4. The molecule has 0 radical (unpaired) electrons. The van der Waals surface area contributed by atoms with Crippen molar-refractivity contribution in [3.8, 4) is 0 Å². The van der Waals surface area contributed by atoms with E-state index in [0.29, 0.717) is 16.7 Å². The quantitative estimate of drug-likeness (QED) is 0.709. The number of nitrogen functional groups attached to an aromatic ring is 1. The number of aryl methyl sites for hydroxylation is 1. The third kappa shape index (κ3) is 1.85. The second kappa shape index (κ2) is 3.97. The number of nitrogens with zero attached hydrogens (tertiary/aromatic N) is 4. The molecule has 86 valence electrons. The van der Waals surface area contributed by atoms with Gasteiger partial charge in [0.25, 0.3) is 0 Å². The molecular formula is C9H7N5OS2. The molecule has 0 aliphatic carbocycles. The van der Waals surface area contributed by atoms with E-state index in [1.165, 1.54) is 23.1 Å². The SMILES string of the molecule is Cc1nnc(Sc2ccc(N)c3nonc23)s1. The summed E-state index contributed by atoms with van der Waals surface area (Å²) in [6.07, 6.45) is 0. The average Bonchev–Trinajstić information content (AvgIpc) is 2.92. The van der Waals surface area contributed by atoms with E-state index in [2.05, 4.69) is 20.5 Å². The maximum atomic E-state index is 5.77. The van der Waals surface area contributed by atoms with Crippen molar-refractivity contribution in [1.29, 1.82) is 0 Å². The molecule has 0 spiro atoms. The van der Waals surface area contributed by atoms with Gasteiger partial charge in [-0.2, -0.15) is 0 Å². The molecular weight excluding hydrogens is 258 g/mol. The predicted octanol–water partition coefficient (Wildman–Crippen LogP) is 2.12. The highest BCUT2D eigenvalue weighted by Gasteiger charge is 2.12. The van der Waals surface area contributed by atoms with Crippen LogP contribution in [0.5, 0.6) is 0 Å². The van der Waals surface area contributed by atoms with E-state index in [9.17, 15) is 0 Å². The van der Waals surface area contributed by atoms with Crippen molar-refractivity contribution in [1.82, 2.24) is 20.5 Å². The lowest BCUT2D eigenvalue weighted by Crippen LogP contribution is -1.87. The Labute approximate surface area is 104 Å². The fourth-order valence-electron chi connectivity index (χ4n) is 1.36. The van der Waals surface area contributed by atoms with E-state index in [-0.39, 0.29) is 0 Å². The molecule has 0 unspecified atom stereocenters. The van der Waals surface area contributed by atoms with Gasteiger partial charge in [-0.05, 0) is 29.4 Å². The zero-order valence-electron chi connectivity index (χ0n) is 8.75. The highest BCUT2D eigenvalue weighted by molar-refractivity contribution is 8.01. The number of anilines is 1. The molecule has 0 saturated heterocycles. The summed E-state index contributed by atoms with van der Waals surface area (Å²) in [5.74, 6) is 0. The van der Waals surface area contributed by atoms with Gasteiger partial charge in [-0.1, -0.05) is 23.1 Å². The molecule has 3 aromatic rings. The number of hydrogen-bond acceptors (Lipinski definition) is 8. The molecule has 8 heteroatoms. The Bertz CT molecular complexity index is 677. The standard InChI is InChI=1S/C9H7N5OS2/c1-4-11-12-9(16-4)17-6-3-2-5(10)7-8(6)14-15-13-7/h2-3H,10H2,1H3. The van der Waals surface area contributed by atoms with E-state index in [1.54, 1.807) is 6.07 Å². The van der Waals surface area contributed by atoms with Crippen LogP contribution in [0.1, 0.15) is 5.01 Å². The van der Waals surface area contributed by atoms with Crippen LogP contribution in [-0.4, -0.2) is 20.5 Å². The molecule has 6 nitrogen and oxygen atoms in total. The minimum Gasteiger partial charge on any atom is -0.397 e. The molecule has 0 bridgehead atoms. The van der Waals surface area contributed by atoms with Gasteiger partial charge in [0.2, 0.25) is 0 Å². The zero-order valence-corrected chi connectivity index (χ0v) is 10.4. The molecule has 1 aromatic carbocycles. The smallest absolute Gasteiger partial charge is 0.179 e. The molecule has 0 fully saturated rings. The number of fused-ring (bicyclic) bond motifs is 1. The summed E-state index contributed by atoms with van der Waals surface area (Å²) in [5.41, 5.74) is 7.56. The van der Waals surface area contributed by atoms with E-state index in [4.69, 9.17) is 10.4 Å². The van der Waals surface area contributed by atoms with Crippen LogP contribution in [0.2, 0.25) is 0 Å². The topological polar surface area (TPSA) is 90.7 Å². The van der Waals surface area contributed by atoms with Crippen molar-refractivity contribution in [2.75, 3.05) is 5.73 Å². The van der Waals surface area contributed by atoms with E-state index in [1.807, 2.05) is 13.0 Å². The number of nitrogens with two attached hydrogens (primary N) is 1. The number of benzene rings is 1. The van der Waals surface area contributed by atoms with Gasteiger partial charge >= 0.3 is 0 Å². The molecule has 17 heavy (non-hydrogen) atoms. The van der Waals surface area contributed by atoms with Gasteiger partial charge in [0.15, 0.2) is 15.4 Å². The average molecular weight is 265 g/mol. The third-order valence-electron chi connectivity index (χ3n) is 2.11. The van der Waals surface area contributed by atoms with Gasteiger partial charge in [0.05, 0.1) is 5.69 Å². The van der Waals surface area contributed by atoms with Gasteiger partial charge < -0.3 is 5.73 Å². The lowest BCUT2D eigenvalue weighted by molar-refractivity contribution is 0.315. The zero-order chi connectivity index (χ0) is 11.8. The van der Waals surface area contributed by atoms with Gasteiger partial charge in [0.1, 0.15) is 5.01 Å². The Hall–Kier alpha value is -1.67. The van der Waals surface area contributed by atoms with E-state index < -0.39 is 0 Å². The van der Waals surface area contributed by atoms with Crippen LogP contribution in [0, 0.1) is 6.92 Å². The lowest BCUT2D eigenvalue weighted by atomic mass is 10.3. The first kappa shape index (κ1) is 10.5. The highest BCUT2D eigenvalue weighted by Crippen LogP contribution is 2.35. The summed E-state index contributed by atoms with van der Waals surface area (Å²) in [4.78, 5) is 0.909. The van der Waals surface area contributed by atoms with Crippen LogP contribution in [-0.2, 0) is 0 Å². The van der Waals surface area contributed by atoms with Crippen LogP contribution in [0.15, 0.2) is 26.0 Å². The molecule has 2 heterocycles. The Morgan fingerprint density at radius 1 is 1.24 bits per heavy atom. The first-order chi connectivity index (χ1) is 8.24. The number of rotatable bonds is 2. The second-order valence-corrected chi connectivity index (χ2v) is 5.77. The van der Waals surface area contributed by atoms with Crippen molar-refractivity contribution in [3.05, 3.63) is 17.1 Å². The van der Waals surface area contributed by atoms with Crippen LogP contribution < -0.4 is 5.73 Å². The molecule has 0 atom stereocenters. The fraction of sp³-hybridized carbons (Fsp3) is 0.111. The first-order valence-corrected chi connectivity index (χ1v) is 6.36. The Morgan fingerprint density at radius 2 is 2.06 bits per heavy atom. The van der Waals surface area contributed by atoms with Crippen LogP contribution >= 0.6 is 23.1 Å². The summed E-state index contributed by atoms with van der Waals surface area (Å²) < 4.78 is 5.56. The summed E-state index contributed by atoms with van der Waals surface area (Å²) in [6, 6.07) is 3.66. The molecule has 2 aromatic heterocycles. The molecule has 0 saturated carbocycles. The predicted molar refractivity (Wildman–Crippen MR) is 65.0 cm³/mol. The molecule has 3 rings (SSSR count). The molecule has 0 aliphatic rings. The van der Waals surface area contributed by atoms with Crippen molar-refractivity contribution in [3.63, 3.8) is 0 Å².